The maximum absolute atomic E-state index is 5.71. The highest BCUT2D eigenvalue weighted by molar-refractivity contribution is 5.45. The zero-order chi connectivity index (χ0) is 11.5. The molecule has 0 unspecified atom stereocenters. The topological polar surface area (TPSA) is 73.1 Å². The number of nitrogens with one attached hydrogen (secondary N) is 1. The van der Waals surface area contributed by atoms with Crippen molar-refractivity contribution in [2.24, 2.45) is 0 Å². The molecule has 16 heavy (non-hydrogen) atoms. The largest absolute Gasteiger partial charge is 0.384 e. The zero-order valence-electron chi connectivity index (χ0n) is 9.73. The fourth-order valence-corrected chi connectivity index (χ4v) is 1.83. The van der Waals surface area contributed by atoms with Gasteiger partial charge in [0.15, 0.2) is 0 Å². The predicted octanol–water partition coefficient (Wildman–Crippen LogP) is 1.21. The van der Waals surface area contributed by atoms with Crippen LogP contribution in [-0.4, -0.2) is 29.2 Å². The normalized spacial score (nSPS) is 23.9. The van der Waals surface area contributed by atoms with Gasteiger partial charge in [-0.15, -0.1) is 0 Å². The Bertz CT molecular complexity index is 363. The molecule has 1 aliphatic rings. The van der Waals surface area contributed by atoms with Crippen molar-refractivity contribution in [2.45, 2.75) is 38.3 Å². The van der Waals surface area contributed by atoms with E-state index in [1.807, 2.05) is 6.92 Å². The van der Waals surface area contributed by atoms with E-state index in [0.29, 0.717) is 18.0 Å². The van der Waals surface area contributed by atoms with Gasteiger partial charge in [-0.3, -0.25) is 0 Å². The molecule has 0 saturated heterocycles. The zero-order valence-corrected chi connectivity index (χ0v) is 9.73. The van der Waals surface area contributed by atoms with E-state index in [9.17, 15) is 0 Å². The summed E-state index contributed by atoms with van der Waals surface area (Å²) < 4.78 is 5.23. The summed E-state index contributed by atoms with van der Waals surface area (Å²) in [6, 6.07) is 2.23. The number of hydrogen-bond acceptors (Lipinski definition) is 5. The number of nitrogens with two attached hydrogens (primary N) is 1. The Morgan fingerprint density at radius 3 is 2.88 bits per heavy atom. The van der Waals surface area contributed by atoms with Crippen molar-refractivity contribution >= 4 is 11.6 Å². The second-order valence-corrected chi connectivity index (χ2v) is 4.12. The second kappa shape index (κ2) is 4.65. The Morgan fingerprint density at radius 1 is 1.50 bits per heavy atom. The number of hydrogen-bond donors (Lipinski definition) is 2. The molecule has 88 valence electrons. The summed E-state index contributed by atoms with van der Waals surface area (Å²) in [5.41, 5.74) is 5.71. The standard InChI is InChI=1S/C11H18N4O/c1-3-10-14-9(12)6-11(15-10)13-7-4-8(5-7)16-2/h6-8H,3-5H2,1-2H3,(H3,12,13,14,15). The van der Waals surface area contributed by atoms with Gasteiger partial charge in [0.2, 0.25) is 0 Å². The summed E-state index contributed by atoms with van der Waals surface area (Å²) in [6.45, 7) is 2.02. The van der Waals surface area contributed by atoms with Gasteiger partial charge in [0.25, 0.3) is 0 Å². The Morgan fingerprint density at radius 2 is 2.25 bits per heavy atom. The molecular weight excluding hydrogens is 204 g/mol. The lowest BCUT2D eigenvalue weighted by molar-refractivity contribution is 0.0328. The molecule has 1 fully saturated rings. The fraction of sp³-hybridized carbons (Fsp3) is 0.636. The van der Waals surface area contributed by atoms with Gasteiger partial charge in [-0.1, -0.05) is 6.92 Å². The highest BCUT2D eigenvalue weighted by Crippen LogP contribution is 2.25. The summed E-state index contributed by atoms with van der Waals surface area (Å²) in [7, 11) is 1.75. The first kappa shape index (κ1) is 11.1. The fourth-order valence-electron chi connectivity index (χ4n) is 1.83. The average molecular weight is 222 g/mol. The van der Waals surface area contributed by atoms with Crippen molar-refractivity contribution in [1.82, 2.24) is 9.97 Å². The number of rotatable bonds is 4. The van der Waals surface area contributed by atoms with Gasteiger partial charge in [0, 0.05) is 25.6 Å². The molecule has 1 aromatic heterocycles. The van der Waals surface area contributed by atoms with E-state index in [0.717, 1.165) is 30.9 Å². The van der Waals surface area contributed by atoms with E-state index in [1.54, 1.807) is 13.2 Å². The van der Waals surface area contributed by atoms with E-state index in [2.05, 4.69) is 15.3 Å². The van der Waals surface area contributed by atoms with Crippen molar-refractivity contribution in [3.05, 3.63) is 11.9 Å². The molecule has 5 nitrogen and oxygen atoms in total. The maximum Gasteiger partial charge on any atom is 0.132 e. The molecule has 0 amide bonds. The molecule has 1 saturated carbocycles. The molecule has 1 aromatic rings. The minimum atomic E-state index is 0.391. The van der Waals surface area contributed by atoms with Crippen molar-refractivity contribution in [3.8, 4) is 0 Å². The van der Waals surface area contributed by atoms with Crippen LogP contribution in [0.1, 0.15) is 25.6 Å². The molecule has 1 heterocycles. The monoisotopic (exact) mass is 222 g/mol. The Hall–Kier alpha value is -1.36. The van der Waals surface area contributed by atoms with Crippen molar-refractivity contribution in [2.75, 3.05) is 18.2 Å². The molecule has 0 atom stereocenters. The van der Waals surface area contributed by atoms with E-state index < -0.39 is 0 Å². The second-order valence-electron chi connectivity index (χ2n) is 4.12. The minimum absolute atomic E-state index is 0.391. The van der Waals surface area contributed by atoms with Crippen LogP contribution in [-0.2, 0) is 11.2 Å². The van der Waals surface area contributed by atoms with E-state index >= 15 is 0 Å². The van der Waals surface area contributed by atoms with Crippen molar-refractivity contribution < 1.29 is 4.74 Å². The number of aryl methyl sites for hydroxylation is 1. The highest BCUT2D eigenvalue weighted by atomic mass is 16.5. The molecule has 0 bridgehead atoms. The van der Waals surface area contributed by atoms with Crippen LogP contribution in [0.5, 0.6) is 0 Å². The van der Waals surface area contributed by atoms with Gasteiger partial charge < -0.3 is 15.8 Å². The van der Waals surface area contributed by atoms with E-state index in [1.165, 1.54) is 0 Å². The number of methoxy groups -OCH3 is 1. The molecular formula is C11H18N4O. The molecule has 0 radical (unpaired) electrons. The third kappa shape index (κ3) is 2.41. The van der Waals surface area contributed by atoms with Gasteiger partial charge in [-0.2, -0.15) is 0 Å². The summed E-state index contributed by atoms with van der Waals surface area (Å²) in [5.74, 6) is 2.13. The molecule has 0 aliphatic heterocycles. The lowest BCUT2D eigenvalue weighted by Crippen LogP contribution is -2.40. The Kier molecular flexibility index (Phi) is 3.24. The minimum Gasteiger partial charge on any atom is -0.384 e. The number of ether oxygens (including phenoxy) is 1. The van der Waals surface area contributed by atoms with Crippen molar-refractivity contribution in [3.63, 3.8) is 0 Å². The van der Waals surface area contributed by atoms with Crippen LogP contribution in [0.15, 0.2) is 6.07 Å². The van der Waals surface area contributed by atoms with Gasteiger partial charge in [-0.05, 0) is 12.8 Å². The van der Waals surface area contributed by atoms with Crippen LogP contribution < -0.4 is 11.1 Å². The third-order valence-corrected chi connectivity index (χ3v) is 2.89. The molecule has 1 aliphatic carbocycles. The molecule has 3 N–H and O–H groups in total. The van der Waals surface area contributed by atoms with Crippen LogP contribution in [0, 0.1) is 0 Å². The summed E-state index contributed by atoms with van der Waals surface area (Å²) in [4.78, 5) is 8.52. The SMILES string of the molecule is CCc1nc(N)cc(NC2CC(OC)C2)n1. The van der Waals surface area contributed by atoms with Crippen molar-refractivity contribution in [1.29, 1.82) is 0 Å². The summed E-state index contributed by atoms with van der Waals surface area (Å²) >= 11 is 0. The van der Waals surface area contributed by atoms with Gasteiger partial charge in [0.1, 0.15) is 17.5 Å². The molecule has 0 spiro atoms. The Balaban J connectivity index is 1.97. The first-order chi connectivity index (χ1) is 7.71. The molecule has 2 rings (SSSR count). The number of anilines is 2. The van der Waals surface area contributed by atoms with Crippen LogP contribution >= 0.6 is 0 Å². The number of nitrogen functional groups attached to an aromatic ring is 1. The Labute approximate surface area is 95.4 Å². The maximum atomic E-state index is 5.71. The third-order valence-electron chi connectivity index (χ3n) is 2.89. The van der Waals surface area contributed by atoms with Gasteiger partial charge in [-0.25, -0.2) is 9.97 Å². The quantitative estimate of drug-likeness (QED) is 0.801. The van der Waals surface area contributed by atoms with E-state index in [-0.39, 0.29) is 0 Å². The first-order valence-electron chi connectivity index (χ1n) is 5.64. The van der Waals surface area contributed by atoms with Gasteiger partial charge >= 0.3 is 0 Å². The summed E-state index contributed by atoms with van der Waals surface area (Å²) in [6.07, 6.45) is 3.25. The average Bonchev–Trinajstić information content (AvgIpc) is 2.22. The lowest BCUT2D eigenvalue weighted by atomic mass is 9.89. The first-order valence-corrected chi connectivity index (χ1v) is 5.64. The lowest BCUT2D eigenvalue weighted by Gasteiger charge is -2.34. The van der Waals surface area contributed by atoms with Gasteiger partial charge in [0.05, 0.1) is 6.10 Å². The summed E-state index contributed by atoms with van der Waals surface area (Å²) in [5, 5.41) is 3.35. The number of nitrogens with zero attached hydrogens (tertiary/aromatic N) is 2. The molecule has 0 aromatic carbocycles. The van der Waals surface area contributed by atoms with Crippen LogP contribution in [0.3, 0.4) is 0 Å². The smallest absolute Gasteiger partial charge is 0.132 e. The number of aromatic nitrogens is 2. The van der Waals surface area contributed by atoms with E-state index in [4.69, 9.17) is 10.5 Å². The molecule has 5 heteroatoms. The predicted molar refractivity (Wildman–Crippen MR) is 63.3 cm³/mol. The van der Waals surface area contributed by atoms with Crippen LogP contribution in [0.4, 0.5) is 11.6 Å². The highest BCUT2D eigenvalue weighted by Gasteiger charge is 2.29. The van der Waals surface area contributed by atoms with Crippen LogP contribution in [0.2, 0.25) is 0 Å². The van der Waals surface area contributed by atoms with Crippen LogP contribution in [0.25, 0.3) is 0 Å².